The van der Waals surface area contributed by atoms with Crippen LogP contribution < -0.4 is 4.90 Å². The lowest BCUT2D eigenvalue weighted by molar-refractivity contribution is -0.167. The molecule has 5 aliphatic rings. The molecular weight excluding hydrogens is 500 g/mol. The Labute approximate surface area is 237 Å². The smallest absolute Gasteiger partial charge is 0.316 e. The first-order chi connectivity index (χ1) is 19.6. The van der Waals surface area contributed by atoms with Gasteiger partial charge >= 0.3 is 5.97 Å². The first-order valence-electron chi connectivity index (χ1n) is 15.1. The van der Waals surface area contributed by atoms with Crippen LogP contribution in [0, 0.1) is 5.92 Å². The molecule has 1 atom stereocenters. The van der Waals surface area contributed by atoms with Gasteiger partial charge in [-0.3, -0.25) is 19.3 Å². The van der Waals surface area contributed by atoms with Gasteiger partial charge in [0.2, 0.25) is 5.91 Å². The maximum atomic E-state index is 13.9. The van der Waals surface area contributed by atoms with Crippen molar-refractivity contribution in [3.63, 3.8) is 0 Å². The summed E-state index contributed by atoms with van der Waals surface area (Å²) in [5.41, 5.74) is 4.21. The van der Waals surface area contributed by atoms with Crippen molar-refractivity contribution >= 4 is 29.9 Å². The van der Waals surface area contributed by atoms with E-state index in [1.54, 1.807) is 6.07 Å². The van der Waals surface area contributed by atoms with E-state index in [0.29, 0.717) is 30.9 Å². The number of esters is 1. The summed E-state index contributed by atoms with van der Waals surface area (Å²) in [7, 11) is 0. The van der Waals surface area contributed by atoms with E-state index >= 15 is 0 Å². The summed E-state index contributed by atoms with van der Waals surface area (Å²) in [5, 5.41) is 0. The molecular formula is C34H40N2O4. The fraction of sp³-hybridized carbons (Fsp3) is 0.500. The first kappa shape index (κ1) is 26.9. The van der Waals surface area contributed by atoms with Crippen molar-refractivity contribution in [3.8, 4) is 0 Å². The number of aldehydes is 1. The number of anilines is 1. The Hall–Kier alpha value is -3.25. The molecule has 6 heteroatoms. The third kappa shape index (κ3) is 5.38. The lowest BCUT2D eigenvalue weighted by Gasteiger charge is -2.45. The maximum absolute atomic E-state index is 13.9. The van der Waals surface area contributed by atoms with Gasteiger partial charge in [0.15, 0.2) is 0 Å². The number of amides is 1. The van der Waals surface area contributed by atoms with Gasteiger partial charge < -0.3 is 9.64 Å². The van der Waals surface area contributed by atoms with Gasteiger partial charge in [-0.25, -0.2) is 0 Å². The second-order valence-corrected chi connectivity index (χ2v) is 12.1. The van der Waals surface area contributed by atoms with Gasteiger partial charge in [-0.05, 0) is 92.4 Å². The van der Waals surface area contributed by atoms with Crippen molar-refractivity contribution in [2.75, 3.05) is 31.1 Å². The molecule has 0 aromatic heterocycles. The summed E-state index contributed by atoms with van der Waals surface area (Å²) in [6.07, 6.45) is 14.2. The molecule has 2 aromatic rings. The summed E-state index contributed by atoms with van der Waals surface area (Å²) < 4.78 is 6.33. The van der Waals surface area contributed by atoms with E-state index in [1.807, 2.05) is 17.0 Å². The van der Waals surface area contributed by atoms with Crippen LogP contribution in [-0.2, 0) is 26.2 Å². The van der Waals surface area contributed by atoms with E-state index in [9.17, 15) is 14.4 Å². The van der Waals surface area contributed by atoms with Gasteiger partial charge in [0.25, 0.3) is 0 Å². The van der Waals surface area contributed by atoms with Crippen molar-refractivity contribution in [3.05, 3.63) is 70.8 Å². The van der Waals surface area contributed by atoms with Crippen molar-refractivity contribution < 1.29 is 19.1 Å². The summed E-state index contributed by atoms with van der Waals surface area (Å²) in [4.78, 5) is 42.0. The average molecular weight is 541 g/mol. The highest BCUT2D eigenvalue weighted by Crippen LogP contribution is 2.42. The van der Waals surface area contributed by atoms with Crippen LogP contribution in [0.5, 0.6) is 0 Å². The molecule has 3 saturated heterocycles. The Bertz CT molecular complexity index is 1290. The SMILES string of the molecule is O=Cc1ccc2c(c1)CCC(=O)N2CCC=Cc1cccc(C2(C(=O)O[C@H]3CN4CCC3CC4)CCCCC2)c1. The van der Waals surface area contributed by atoms with Gasteiger partial charge in [-0.1, -0.05) is 55.7 Å². The molecule has 7 rings (SSSR count). The number of hydrogen-bond donors (Lipinski definition) is 0. The number of nitrogens with zero attached hydrogens (tertiary/aromatic N) is 2. The molecule has 1 saturated carbocycles. The highest BCUT2D eigenvalue weighted by molar-refractivity contribution is 5.97. The Morgan fingerprint density at radius 1 is 1.00 bits per heavy atom. The average Bonchev–Trinajstić information content (AvgIpc) is 3.01. The van der Waals surface area contributed by atoms with Crippen LogP contribution >= 0.6 is 0 Å². The molecule has 0 N–H and O–H groups in total. The zero-order valence-corrected chi connectivity index (χ0v) is 23.4. The van der Waals surface area contributed by atoms with Crippen molar-refractivity contribution in [2.45, 2.75) is 75.7 Å². The van der Waals surface area contributed by atoms with E-state index in [0.717, 1.165) is 93.2 Å². The number of hydrogen-bond acceptors (Lipinski definition) is 5. The minimum Gasteiger partial charge on any atom is -0.460 e. The fourth-order valence-corrected chi connectivity index (χ4v) is 7.32. The lowest BCUT2D eigenvalue weighted by Crippen LogP contribution is -2.53. The van der Waals surface area contributed by atoms with E-state index < -0.39 is 5.41 Å². The lowest BCUT2D eigenvalue weighted by atomic mass is 9.69. The monoisotopic (exact) mass is 540 g/mol. The molecule has 2 bridgehead atoms. The van der Waals surface area contributed by atoms with Gasteiger partial charge in [-0.15, -0.1) is 0 Å². The van der Waals surface area contributed by atoms with Gasteiger partial charge in [0, 0.05) is 30.8 Å². The minimum atomic E-state index is -0.557. The summed E-state index contributed by atoms with van der Waals surface area (Å²) in [6, 6.07) is 14.0. The number of benzene rings is 2. The van der Waals surface area contributed by atoms with Crippen molar-refractivity contribution in [1.82, 2.24) is 4.90 Å². The van der Waals surface area contributed by atoms with Crippen molar-refractivity contribution in [1.29, 1.82) is 0 Å². The topological polar surface area (TPSA) is 66.9 Å². The zero-order valence-electron chi connectivity index (χ0n) is 23.4. The maximum Gasteiger partial charge on any atom is 0.316 e. The van der Waals surface area contributed by atoms with Gasteiger partial charge in [0.1, 0.15) is 12.4 Å². The second kappa shape index (κ2) is 11.7. The van der Waals surface area contributed by atoms with Crippen LogP contribution in [0.25, 0.3) is 6.08 Å². The molecule has 210 valence electrons. The molecule has 6 nitrogen and oxygen atoms in total. The summed E-state index contributed by atoms with van der Waals surface area (Å²) in [5.74, 6) is 0.615. The number of ether oxygens (including phenoxy) is 1. The number of piperidine rings is 3. The molecule has 0 unspecified atom stereocenters. The van der Waals surface area contributed by atoms with E-state index in [-0.39, 0.29) is 18.0 Å². The second-order valence-electron chi connectivity index (χ2n) is 12.1. The van der Waals surface area contributed by atoms with E-state index in [2.05, 4.69) is 41.3 Å². The minimum absolute atomic E-state index is 0.0212. The van der Waals surface area contributed by atoms with Crippen LogP contribution in [0.1, 0.15) is 84.8 Å². The number of carbonyl (C=O) groups excluding carboxylic acids is 3. The Kier molecular flexibility index (Phi) is 7.88. The Morgan fingerprint density at radius 3 is 2.58 bits per heavy atom. The fourth-order valence-electron chi connectivity index (χ4n) is 7.32. The van der Waals surface area contributed by atoms with E-state index in [1.165, 1.54) is 6.42 Å². The van der Waals surface area contributed by atoms with Crippen LogP contribution in [0.4, 0.5) is 5.69 Å². The highest BCUT2D eigenvalue weighted by atomic mass is 16.5. The summed E-state index contributed by atoms with van der Waals surface area (Å²) >= 11 is 0. The molecule has 1 aliphatic carbocycles. The molecule has 4 fully saturated rings. The van der Waals surface area contributed by atoms with Crippen LogP contribution in [0.3, 0.4) is 0 Å². The number of fused-ring (bicyclic) bond motifs is 4. The third-order valence-electron chi connectivity index (χ3n) is 9.66. The Morgan fingerprint density at radius 2 is 1.82 bits per heavy atom. The standard InChI is InChI=1S/C34H40N2O4/c37-24-26-10-12-30-28(21-26)11-13-32(38)36(30)18-5-2-7-25-8-6-9-29(22-25)34(16-3-1-4-17-34)33(39)40-31-23-35-19-14-27(31)15-20-35/h2,6-10,12,21-22,24,27,31H,1,3-5,11,13-20,23H2/t31-/m0/s1. The third-order valence-corrected chi connectivity index (χ3v) is 9.66. The van der Waals surface area contributed by atoms with Gasteiger partial charge in [-0.2, -0.15) is 0 Å². The van der Waals surface area contributed by atoms with E-state index in [4.69, 9.17) is 4.74 Å². The molecule has 40 heavy (non-hydrogen) atoms. The molecule has 4 heterocycles. The quantitative estimate of drug-likeness (QED) is 0.316. The predicted molar refractivity (Wildman–Crippen MR) is 156 cm³/mol. The molecule has 0 spiro atoms. The molecule has 4 aliphatic heterocycles. The zero-order chi connectivity index (χ0) is 27.5. The number of aryl methyl sites for hydroxylation is 1. The molecule has 1 amide bonds. The van der Waals surface area contributed by atoms with Crippen LogP contribution in [0.15, 0.2) is 48.5 Å². The summed E-state index contributed by atoms with van der Waals surface area (Å²) in [6.45, 7) is 3.76. The molecule has 0 radical (unpaired) electrons. The van der Waals surface area contributed by atoms with Crippen LogP contribution in [-0.4, -0.2) is 55.3 Å². The first-order valence-corrected chi connectivity index (χ1v) is 15.1. The Balaban J connectivity index is 1.14. The highest BCUT2D eigenvalue weighted by Gasteiger charge is 2.45. The van der Waals surface area contributed by atoms with Crippen LogP contribution in [0.2, 0.25) is 0 Å². The number of carbonyl (C=O) groups is 3. The largest absolute Gasteiger partial charge is 0.460 e. The number of rotatable bonds is 8. The normalized spacial score (nSPS) is 25.6. The van der Waals surface area contributed by atoms with Gasteiger partial charge in [0.05, 0.1) is 5.41 Å². The van der Waals surface area contributed by atoms with Crippen molar-refractivity contribution in [2.24, 2.45) is 5.92 Å². The predicted octanol–water partition coefficient (Wildman–Crippen LogP) is 5.72. The molecule has 2 aromatic carbocycles.